The number of aromatic amines is 1. The molecule has 0 atom stereocenters. The van der Waals surface area contributed by atoms with Crippen molar-refractivity contribution in [1.29, 1.82) is 0 Å². The van der Waals surface area contributed by atoms with E-state index in [1.807, 2.05) is 0 Å². The summed E-state index contributed by atoms with van der Waals surface area (Å²) in [6.45, 7) is 0. The van der Waals surface area contributed by atoms with E-state index in [0.717, 1.165) is 23.7 Å². The van der Waals surface area contributed by atoms with Crippen LogP contribution in [-0.2, 0) is 0 Å². The molecular weight excluding hydrogens is 207 g/mol. The van der Waals surface area contributed by atoms with Crippen LogP contribution >= 0.6 is 0 Å². The molecule has 5 nitrogen and oxygen atoms in total. The van der Waals surface area contributed by atoms with Gasteiger partial charge in [0.1, 0.15) is 5.75 Å². The normalized spacial score (nSPS) is 15.4. The number of nitrogens with zero attached hydrogens (tertiary/aromatic N) is 1. The lowest BCUT2D eigenvalue weighted by molar-refractivity contribution is 0.304. The first-order valence-corrected chi connectivity index (χ1v) is 5.24. The molecule has 1 aliphatic rings. The Hall–Kier alpha value is -1.53. The molecule has 0 bridgehead atoms. The molecule has 1 aromatic heterocycles. The van der Waals surface area contributed by atoms with Gasteiger partial charge in [0.25, 0.3) is 0 Å². The van der Waals surface area contributed by atoms with Gasteiger partial charge in [-0.1, -0.05) is 0 Å². The minimum Gasteiger partial charge on any atom is -0.491 e. The van der Waals surface area contributed by atoms with E-state index in [2.05, 4.69) is 10.2 Å². The molecule has 0 unspecified atom stereocenters. The van der Waals surface area contributed by atoms with E-state index in [-0.39, 0.29) is 6.10 Å². The Morgan fingerprint density at radius 2 is 2.19 bits per heavy atom. The number of hydrogen-bond donors (Lipinski definition) is 3. The van der Waals surface area contributed by atoms with Gasteiger partial charge in [-0.25, -0.2) is 0 Å². The third-order valence-electron chi connectivity index (χ3n) is 2.67. The highest BCUT2D eigenvalue weighted by atomic mass is 16.5. The van der Waals surface area contributed by atoms with Gasteiger partial charge in [-0.15, -0.1) is 0 Å². The zero-order chi connectivity index (χ0) is 11.1. The van der Waals surface area contributed by atoms with E-state index in [9.17, 15) is 10.0 Å². The fraction of sp³-hybridized carbons (Fsp3) is 0.300. The fourth-order valence-corrected chi connectivity index (χ4v) is 1.66. The van der Waals surface area contributed by atoms with Crippen LogP contribution in [-0.4, -0.2) is 33.5 Å². The Kier molecular flexibility index (Phi) is 2.12. The summed E-state index contributed by atoms with van der Waals surface area (Å²) in [6.07, 6.45) is 3.97. The van der Waals surface area contributed by atoms with Crippen molar-refractivity contribution >= 4 is 23.5 Å². The zero-order valence-corrected chi connectivity index (χ0v) is 8.55. The van der Waals surface area contributed by atoms with Crippen molar-refractivity contribution in [3.63, 3.8) is 0 Å². The van der Waals surface area contributed by atoms with Gasteiger partial charge in [0.2, 0.25) is 0 Å². The van der Waals surface area contributed by atoms with Crippen molar-refractivity contribution in [1.82, 2.24) is 10.2 Å². The summed E-state index contributed by atoms with van der Waals surface area (Å²) in [5.74, 6) is 0.534. The first-order chi connectivity index (χ1) is 7.74. The van der Waals surface area contributed by atoms with Crippen LogP contribution in [0.15, 0.2) is 18.3 Å². The third-order valence-corrected chi connectivity index (χ3v) is 2.67. The van der Waals surface area contributed by atoms with Crippen LogP contribution in [0.5, 0.6) is 5.75 Å². The lowest BCUT2D eigenvalue weighted by Crippen LogP contribution is -2.31. The number of aromatic nitrogens is 2. The van der Waals surface area contributed by atoms with Gasteiger partial charge in [0.05, 0.1) is 17.8 Å². The molecule has 16 heavy (non-hydrogen) atoms. The number of ether oxygens (including phenoxy) is 1. The number of benzene rings is 1. The van der Waals surface area contributed by atoms with Crippen molar-refractivity contribution in [2.24, 2.45) is 0 Å². The lowest BCUT2D eigenvalue weighted by Gasteiger charge is -2.10. The summed E-state index contributed by atoms with van der Waals surface area (Å²) in [5, 5.41) is 26.1. The largest absolute Gasteiger partial charge is 0.492 e. The average molecular weight is 218 g/mol. The quantitative estimate of drug-likeness (QED) is 0.622. The monoisotopic (exact) mass is 218 g/mol. The van der Waals surface area contributed by atoms with Gasteiger partial charge in [0.15, 0.2) is 0 Å². The minimum atomic E-state index is -1.53. The Morgan fingerprint density at radius 3 is 2.88 bits per heavy atom. The molecule has 82 valence electrons. The smallest absolute Gasteiger partial charge is 0.491 e. The second-order valence-electron chi connectivity index (χ2n) is 4.04. The fourth-order valence-electron chi connectivity index (χ4n) is 1.66. The van der Waals surface area contributed by atoms with Crippen molar-refractivity contribution in [3.8, 4) is 5.75 Å². The van der Waals surface area contributed by atoms with Crippen LogP contribution in [0.1, 0.15) is 12.8 Å². The highest BCUT2D eigenvalue weighted by Crippen LogP contribution is 2.27. The Labute approximate surface area is 92.2 Å². The van der Waals surface area contributed by atoms with E-state index >= 15 is 0 Å². The second-order valence-corrected chi connectivity index (χ2v) is 4.04. The number of hydrogen-bond acceptors (Lipinski definition) is 4. The molecular formula is C10H11BN2O3. The van der Waals surface area contributed by atoms with Crippen molar-refractivity contribution < 1.29 is 14.8 Å². The Morgan fingerprint density at radius 1 is 1.38 bits per heavy atom. The number of rotatable bonds is 3. The molecule has 3 N–H and O–H groups in total. The summed E-state index contributed by atoms with van der Waals surface area (Å²) in [6, 6.07) is 3.44. The second kappa shape index (κ2) is 3.50. The maximum atomic E-state index is 9.28. The van der Waals surface area contributed by atoms with E-state index in [1.54, 1.807) is 18.3 Å². The van der Waals surface area contributed by atoms with E-state index in [4.69, 9.17) is 4.74 Å². The molecule has 0 aliphatic heterocycles. The van der Waals surface area contributed by atoms with E-state index < -0.39 is 7.12 Å². The van der Waals surface area contributed by atoms with Gasteiger partial charge in [-0.3, -0.25) is 5.10 Å². The predicted octanol–water partition coefficient (Wildman–Crippen LogP) is -0.216. The standard InChI is InChI=1S/C10H11BN2O3/c14-11(15)8-4-9-6(5-12-13-9)3-10(8)16-7-1-2-7/h3-5,7,14-15H,1-2H2,(H,12,13). The summed E-state index contributed by atoms with van der Waals surface area (Å²) < 4.78 is 5.63. The number of nitrogens with one attached hydrogen (secondary N) is 1. The topological polar surface area (TPSA) is 78.4 Å². The molecule has 6 heteroatoms. The molecule has 1 heterocycles. The summed E-state index contributed by atoms with van der Waals surface area (Å²) in [7, 11) is -1.53. The van der Waals surface area contributed by atoms with Gasteiger partial charge in [-0.2, -0.15) is 5.10 Å². The molecule has 0 amide bonds. The van der Waals surface area contributed by atoms with Crippen LogP contribution < -0.4 is 10.2 Å². The van der Waals surface area contributed by atoms with Crippen LogP contribution in [0.2, 0.25) is 0 Å². The van der Waals surface area contributed by atoms with Crippen LogP contribution in [0.4, 0.5) is 0 Å². The highest BCUT2D eigenvalue weighted by Gasteiger charge is 2.27. The van der Waals surface area contributed by atoms with Gasteiger partial charge >= 0.3 is 7.12 Å². The molecule has 1 aromatic carbocycles. The predicted molar refractivity (Wildman–Crippen MR) is 59.6 cm³/mol. The SMILES string of the molecule is OB(O)c1cc2[nH]ncc2cc1OC1CC1. The minimum absolute atomic E-state index is 0.224. The summed E-state index contributed by atoms with van der Waals surface area (Å²) >= 11 is 0. The van der Waals surface area contributed by atoms with E-state index in [0.29, 0.717) is 11.2 Å². The van der Waals surface area contributed by atoms with Gasteiger partial charge in [-0.05, 0) is 25.0 Å². The molecule has 3 rings (SSSR count). The highest BCUT2D eigenvalue weighted by molar-refractivity contribution is 6.60. The molecule has 2 aromatic rings. The molecule has 0 radical (unpaired) electrons. The molecule has 1 fully saturated rings. The van der Waals surface area contributed by atoms with Gasteiger partial charge < -0.3 is 14.8 Å². The summed E-state index contributed by atoms with van der Waals surface area (Å²) in [5.41, 5.74) is 1.15. The number of H-pyrrole nitrogens is 1. The Balaban J connectivity index is 2.09. The molecule has 0 saturated heterocycles. The average Bonchev–Trinajstić information content (AvgIpc) is 2.94. The van der Waals surface area contributed by atoms with Crippen LogP contribution in [0.3, 0.4) is 0 Å². The van der Waals surface area contributed by atoms with Crippen molar-refractivity contribution in [3.05, 3.63) is 18.3 Å². The maximum Gasteiger partial charge on any atom is 0.492 e. The molecule has 1 saturated carbocycles. The zero-order valence-electron chi connectivity index (χ0n) is 8.55. The van der Waals surface area contributed by atoms with Crippen LogP contribution in [0.25, 0.3) is 10.9 Å². The summed E-state index contributed by atoms with van der Waals surface area (Å²) in [4.78, 5) is 0. The van der Waals surface area contributed by atoms with Gasteiger partial charge in [0, 0.05) is 10.8 Å². The van der Waals surface area contributed by atoms with E-state index in [1.165, 1.54) is 0 Å². The third kappa shape index (κ3) is 1.66. The lowest BCUT2D eigenvalue weighted by atomic mass is 9.79. The van der Waals surface area contributed by atoms with Crippen LogP contribution in [0, 0.1) is 0 Å². The molecule has 0 spiro atoms. The first-order valence-electron chi connectivity index (χ1n) is 5.24. The Bertz CT molecular complexity index is 522. The van der Waals surface area contributed by atoms with Crippen molar-refractivity contribution in [2.45, 2.75) is 18.9 Å². The maximum absolute atomic E-state index is 9.28. The first kappa shape index (κ1) is 9.68. The molecule has 1 aliphatic carbocycles. The number of fused-ring (bicyclic) bond motifs is 1. The van der Waals surface area contributed by atoms with Crippen molar-refractivity contribution in [2.75, 3.05) is 0 Å².